The van der Waals surface area contributed by atoms with Gasteiger partial charge in [0.1, 0.15) is 0 Å². The molecule has 0 saturated carbocycles. The van der Waals surface area contributed by atoms with Crippen molar-refractivity contribution >= 4 is 40.9 Å². The number of carbonyl (C=O) groups is 2. The average molecular weight is 483 g/mol. The fraction of sp³-hybridized carbons (Fsp3) is 0.190. The van der Waals surface area contributed by atoms with Crippen LogP contribution in [-0.4, -0.2) is 45.6 Å². The van der Waals surface area contributed by atoms with Crippen molar-refractivity contribution in [2.24, 2.45) is 0 Å². The lowest BCUT2D eigenvalue weighted by molar-refractivity contribution is -0.137. The molecule has 0 atom stereocenters. The maximum Gasteiger partial charge on any atom is 0.418 e. The topological polar surface area (TPSA) is 67.2 Å². The lowest BCUT2D eigenvalue weighted by Gasteiger charge is -2.18. The Morgan fingerprint density at radius 3 is 2.66 bits per heavy atom. The second-order valence-electron chi connectivity index (χ2n) is 6.69. The van der Waals surface area contributed by atoms with Crippen LogP contribution in [0.3, 0.4) is 0 Å². The number of benzene rings is 2. The molecule has 0 aliphatic carbocycles. The van der Waals surface area contributed by atoms with Crippen LogP contribution >= 0.6 is 23.4 Å². The van der Waals surface area contributed by atoms with Crippen molar-refractivity contribution in [3.63, 3.8) is 0 Å². The lowest BCUT2D eigenvalue weighted by Crippen LogP contribution is -2.36. The van der Waals surface area contributed by atoms with Crippen LogP contribution in [-0.2, 0) is 15.8 Å². The second-order valence-corrected chi connectivity index (χ2v) is 8.07. The van der Waals surface area contributed by atoms with Crippen molar-refractivity contribution in [3.8, 4) is 5.69 Å². The third-order valence-electron chi connectivity index (χ3n) is 4.33. The Bertz CT molecular complexity index is 1120. The van der Waals surface area contributed by atoms with Crippen molar-refractivity contribution in [3.05, 3.63) is 71.5 Å². The first kappa shape index (κ1) is 23.7. The number of amides is 2. The van der Waals surface area contributed by atoms with Crippen LogP contribution in [0.15, 0.2) is 66.1 Å². The Labute approximate surface area is 191 Å². The van der Waals surface area contributed by atoms with Crippen LogP contribution in [0, 0.1) is 0 Å². The highest BCUT2D eigenvalue weighted by Gasteiger charge is 2.33. The summed E-state index contributed by atoms with van der Waals surface area (Å²) in [5, 5.41) is 3.33. The van der Waals surface area contributed by atoms with Crippen molar-refractivity contribution in [1.82, 2.24) is 14.5 Å². The molecule has 3 rings (SSSR count). The molecule has 1 N–H and O–H groups in total. The highest BCUT2D eigenvalue weighted by molar-refractivity contribution is 7.99. The number of rotatable bonds is 7. The number of aromatic nitrogens is 2. The SMILES string of the molecule is CN(CC(=O)Nc1ccccc1C(F)(F)F)C(=O)CSc1nccn1-c1cccc(Cl)c1. The molecule has 0 unspecified atom stereocenters. The third-order valence-corrected chi connectivity index (χ3v) is 5.52. The number of nitrogens with one attached hydrogen (secondary N) is 1. The van der Waals surface area contributed by atoms with E-state index in [1.807, 2.05) is 6.07 Å². The van der Waals surface area contributed by atoms with Gasteiger partial charge in [-0.2, -0.15) is 13.2 Å². The van der Waals surface area contributed by atoms with Gasteiger partial charge in [0.05, 0.1) is 23.5 Å². The summed E-state index contributed by atoms with van der Waals surface area (Å²) in [6, 6.07) is 11.8. The third kappa shape index (κ3) is 6.04. The van der Waals surface area contributed by atoms with Gasteiger partial charge in [0, 0.05) is 30.2 Å². The summed E-state index contributed by atoms with van der Waals surface area (Å²) in [5.74, 6) is -1.13. The van der Waals surface area contributed by atoms with E-state index in [1.165, 1.54) is 19.2 Å². The van der Waals surface area contributed by atoms with E-state index in [0.29, 0.717) is 10.2 Å². The summed E-state index contributed by atoms with van der Waals surface area (Å²) in [7, 11) is 1.40. The fourth-order valence-electron chi connectivity index (χ4n) is 2.79. The highest BCUT2D eigenvalue weighted by atomic mass is 35.5. The Morgan fingerprint density at radius 1 is 1.19 bits per heavy atom. The van der Waals surface area contributed by atoms with Gasteiger partial charge < -0.3 is 10.2 Å². The molecule has 3 aromatic rings. The van der Waals surface area contributed by atoms with Gasteiger partial charge in [-0.15, -0.1) is 0 Å². The first-order valence-electron chi connectivity index (χ1n) is 9.27. The monoisotopic (exact) mass is 482 g/mol. The normalized spacial score (nSPS) is 11.3. The van der Waals surface area contributed by atoms with E-state index in [-0.39, 0.29) is 17.3 Å². The number of hydrogen-bond acceptors (Lipinski definition) is 4. The molecule has 1 aromatic heterocycles. The average Bonchev–Trinajstić information content (AvgIpc) is 3.20. The summed E-state index contributed by atoms with van der Waals surface area (Å²) in [5.41, 5.74) is -0.532. The molecule has 0 aliphatic heterocycles. The molecule has 0 radical (unpaired) electrons. The molecule has 32 heavy (non-hydrogen) atoms. The number of para-hydroxylation sites is 1. The van der Waals surface area contributed by atoms with Crippen molar-refractivity contribution < 1.29 is 22.8 Å². The number of likely N-dealkylation sites (N-methyl/N-ethyl adjacent to an activating group) is 1. The predicted molar refractivity (Wildman–Crippen MR) is 117 cm³/mol. The largest absolute Gasteiger partial charge is 0.418 e. The second kappa shape index (κ2) is 10.1. The minimum Gasteiger partial charge on any atom is -0.336 e. The van der Waals surface area contributed by atoms with Crippen LogP contribution in [0.25, 0.3) is 5.69 Å². The molecule has 11 heteroatoms. The standard InChI is InChI=1S/C21H18ClF3N4O2S/c1-28(12-18(30)27-17-8-3-2-7-16(17)21(23,24)25)19(31)13-32-20-26-9-10-29(20)15-6-4-5-14(22)11-15/h2-11H,12-13H2,1H3,(H,27,30). The highest BCUT2D eigenvalue weighted by Crippen LogP contribution is 2.34. The van der Waals surface area contributed by atoms with E-state index in [1.54, 1.807) is 35.2 Å². The molecular formula is C21H18ClF3N4O2S. The van der Waals surface area contributed by atoms with Gasteiger partial charge in [-0.05, 0) is 30.3 Å². The zero-order valence-electron chi connectivity index (χ0n) is 16.8. The van der Waals surface area contributed by atoms with Gasteiger partial charge in [-0.1, -0.05) is 41.6 Å². The van der Waals surface area contributed by atoms with Gasteiger partial charge in [0.25, 0.3) is 0 Å². The van der Waals surface area contributed by atoms with Crippen molar-refractivity contribution in [2.45, 2.75) is 11.3 Å². The molecule has 168 valence electrons. The van der Waals surface area contributed by atoms with Crippen LogP contribution in [0.4, 0.5) is 18.9 Å². The molecule has 2 aromatic carbocycles. The van der Waals surface area contributed by atoms with Crippen LogP contribution in [0.2, 0.25) is 5.02 Å². The van der Waals surface area contributed by atoms with Crippen molar-refractivity contribution in [2.75, 3.05) is 24.7 Å². The first-order chi connectivity index (χ1) is 15.1. The first-order valence-corrected chi connectivity index (χ1v) is 10.6. The molecule has 0 aliphatic rings. The van der Waals surface area contributed by atoms with Crippen LogP contribution < -0.4 is 5.32 Å². The number of anilines is 1. The van der Waals surface area contributed by atoms with Crippen LogP contribution in [0.1, 0.15) is 5.56 Å². The molecule has 6 nitrogen and oxygen atoms in total. The Hall–Kier alpha value is -2.98. The number of hydrogen-bond donors (Lipinski definition) is 1. The van der Waals surface area contributed by atoms with E-state index >= 15 is 0 Å². The summed E-state index contributed by atoms with van der Waals surface area (Å²) < 4.78 is 41.0. The molecule has 2 amide bonds. The van der Waals surface area contributed by atoms with Crippen LogP contribution in [0.5, 0.6) is 0 Å². The van der Waals surface area contributed by atoms with Gasteiger partial charge in [0.15, 0.2) is 5.16 Å². The lowest BCUT2D eigenvalue weighted by atomic mass is 10.1. The fourth-order valence-corrected chi connectivity index (χ4v) is 3.89. The summed E-state index contributed by atoms with van der Waals surface area (Å²) >= 11 is 7.19. The number of alkyl halides is 3. The number of imidazole rings is 1. The number of carbonyl (C=O) groups excluding carboxylic acids is 2. The molecule has 0 saturated heterocycles. The van der Waals surface area contributed by atoms with Gasteiger partial charge >= 0.3 is 6.18 Å². The Balaban J connectivity index is 1.58. The minimum absolute atomic E-state index is 0.0134. The molecule has 0 spiro atoms. The zero-order chi connectivity index (χ0) is 23.3. The van der Waals surface area contributed by atoms with Gasteiger partial charge in [-0.25, -0.2) is 4.98 Å². The Kier molecular flexibility index (Phi) is 7.47. The summed E-state index contributed by atoms with van der Waals surface area (Å²) in [6.07, 6.45) is -1.29. The molecule has 0 fully saturated rings. The van der Waals surface area contributed by atoms with E-state index in [9.17, 15) is 22.8 Å². The van der Waals surface area contributed by atoms with Gasteiger partial charge in [0.2, 0.25) is 11.8 Å². The summed E-state index contributed by atoms with van der Waals surface area (Å²) in [4.78, 5) is 30.0. The molecular weight excluding hydrogens is 465 g/mol. The van der Waals surface area contributed by atoms with Crippen molar-refractivity contribution in [1.29, 1.82) is 0 Å². The minimum atomic E-state index is -4.60. The number of halogens is 4. The number of thioether (sulfide) groups is 1. The van der Waals surface area contributed by atoms with Gasteiger partial charge in [-0.3, -0.25) is 14.2 Å². The maximum absolute atomic E-state index is 13.1. The van der Waals surface area contributed by atoms with E-state index in [2.05, 4.69) is 10.3 Å². The van der Waals surface area contributed by atoms with E-state index in [0.717, 1.165) is 34.5 Å². The molecule has 1 heterocycles. The smallest absolute Gasteiger partial charge is 0.336 e. The summed E-state index contributed by atoms with van der Waals surface area (Å²) in [6.45, 7) is -0.395. The zero-order valence-corrected chi connectivity index (χ0v) is 18.3. The van der Waals surface area contributed by atoms with E-state index < -0.39 is 24.2 Å². The van der Waals surface area contributed by atoms with E-state index in [4.69, 9.17) is 11.6 Å². The Morgan fingerprint density at radius 2 is 1.94 bits per heavy atom. The maximum atomic E-state index is 13.1. The number of nitrogens with zero attached hydrogens (tertiary/aromatic N) is 3. The quantitative estimate of drug-likeness (QED) is 0.494. The predicted octanol–water partition coefficient (Wildman–Crippen LogP) is 4.73. The molecule has 0 bridgehead atoms.